The molecule has 0 aromatic heterocycles. The van der Waals surface area contributed by atoms with Crippen molar-refractivity contribution in [2.24, 2.45) is 0 Å². The van der Waals surface area contributed by atoms with Gasteiger partial charge in [-0.3, -0.25) is 19.2 Å². The van der Waals surface area contributed by atoms with Crippen LogP contribution >= 0.6 is 0 Å². The third kappa shape index (κ3) is 3.36. The summed E-state index contributed by atoms with van der Waals surface area (Å²) in [7, 11) is 0. The smallest absolute Gasteiger partial charge is 0.194 e. The zero-order chi connectivity index (χ0) is 34.3. The molecule has 0 spiro atoms. The lowest BCUT2D eigenvalue weighted by atomic mass is 9.91. The van der Waals surface area contributed by atoms with Crippen LogP contribution in [-0.4, -0.2) is 0 Å². The van der Waals surface area contributed by atoms with E-state index in [1.807, 2.05) is 72.8 Å². The molecule has 0 fully saturated rings. The molecule has 0 unspecified atom stereocenters. The van der Waals surface area contributed by atoms with E-state index in [1.165, 1.54) is 0 Å². The van der Waals surface area contributed by atoms with Gasteiger partial charge in [0.1, 0.15) is 0 Å². The van der Waals surface area contributed by atoms with E-state index >= 15 is 0 Å². The van der Waals surface area contributed by atoms with Crippen molar-refractivity contribution in [3.63, 3.8) is 0 Å². The minimum Gasteiger partial charge on any atom is -0.289 e. The Kier molecular flexibility index (Phi) is 5.79. The first-order valence-corrected chi connectivity index (χ1v) is 17.8. The van der Waals surface area contributed by atoms with E-state index in [0.717, 1.165) is 69.5 Å². The fourth-order valence-corrected chi connectivity index (χ4v) is 9.14. The third-order valence-corrected chi connectivity index (χ3v) is 11.7. The molecule has 4 nitrogen and oxygen atoms in total. The molecule has 4 heteroatoms. The van der Waals surface area contributed by atoms with E-state index in [2.05, 4.69) is 27.7 Å². The van der Waals surface area contributed by atoms with Gasteiger partial charge in [0.05, 0.1) is 0 Å². The van der Waals surface area contributed by atoms with E-state index in [-0.39, 0.29) is 21.7 Å². The van der Waals surface area contributed by atoms with Crippen LogP contribution in [0.4, 0.5) is 0 Å². The van der Waals surface area contributed by atoms with Crippen molar-refractivity contribution in [3.8, 4) is 0 Å². The fourth-order valence-electron chi connectivity index (χ4n) is 9.14. The molecule has 0 aliphatic heterocycles. The average molecular weight is 649 g/mol. The van der Waals surface area contributed by atoms with Crippen LogP contribution in [0.5, 0.6) is 0 Å². The van der Waals surface area contributed by atoms with Crippen LogP contribution in [0.2, 0.25) is 0 Å². The first-order chi connectivity index (χ1) is 24.3. The van der Waals surface area contributed by atoms with Crippen molar-refractivity contribution in [2.45, 2.75) is 53.4 Å². The Morgan fingerprint density at radius 3 is 0.700 bits per heavy atom. The van der Waals surface area contributed by atoms with Gasteiger partial charge in [0.25, 0.3) is 0 Å². The minimum absolute atomic E-state index is 0.166. The van der Waals surface area contributed by atoms with E-state index in [0.29, 0.717) is 75.4 Å². The molecular weight excluding hydrogens is 617 g/mol. The van der Waals surface area contributed by atoms with Gasteiger partial charge in [-0.1, -0.05) is 76.2 Å². The summed E-state index contributed by atoms with van der Waals surface area (Å²) in [6, 6.07) is 24.0. The number of rotatable bonds is 4. The van der Waals surface area contributed by atoms with Crippen molar-refractivity contribution < 1.29 is 0 Å². The van der Waals surface area contributed by atoms with Crippen molar-refractivity contribution >= 4 is 97.0 Å². The quantitative estimate of drug-likeness (QED) is 0.191. The Balaban J connectivity index is 1.67. The average Bonchev–Trinajstić information content (AvgIpc) is 3.82. The lowest BCUT2D eigenvalue weighted by molar-refractivity contribution is 1.15. The molecule has 240 valence electrons. The van der Waals surface area contributed by atoms with E-state index in [1.54, 1.807) is 0 Å². The monoisotopic (exact) mass is 648 g/mol. The second kappa shape index (κ2) is 9.92. The van der Waals surface area contributed by atoms with Crippen LogP contribution in [0.1, 0.15) is 49.9 Å². The van der Waals surface area contributed by atoms with Gasteiger partial charge < -0.3 is 0 Å². The van der Waals surface area contributed by atoms with Crippen molar-refractivity contribution in [1.82, 2.24) is 0 Å². The molecule has 0 amide bonds. The number of fused-ring (bicyclic) bond motifs is 19. The van der Waals surface area contributed by atoms with Crippen LogP contribution in [0, 0.1) is 0 Å². The molecule has 10 rings (SSSR count). The third-order valence-electron chi connectivity index (χ3n) is 11.7. The predicted molar refractivity (Wildman–Crippen MR) is 211 cm³/mol. The van der Waals surface area contributed by atoms with E-state index in [4.69, 9.17) is 0 Å². The summed E-state index contributed by atoms with van der Waals surface area (Å²) in [5.41, 5.74) is 3.48. The standard InChI is InChI=1S/C46H32O4/c1-5-21-9-13-25-29(17-21)43(47)39-33(25)34-26-14-10-22(6-2)18-30(26)44(48)40(34)38-37(39)41-35(27-15-11-23(7-3)19-31(27)45(41)49)36-28-16-12-24(8-4)20-32(28)46(50)42(36)38/h9-20H,5-8H2,1-4H3. The topological polar surface area (TPSA) is 68.3 Å². The molecule has 10 aromatic carbocycles. The van der Waals surface area contributed by atoms with E-state index in [9.17, 15) is 19.2 Å². The first kappa shape index (κ1) is 29.2. The molecule has 0 bridgehead atoms. The summed E-state index contributed by atoms with van der Waals surface area (Å²) in [4.78, 5) is 59.8. The summed E-state index contributed by atoms with van der Waals surface area (Å²) in [6.45, 7) is 8.24. The number of aryl methyl sites for hydroxylation is 4. The maximum Gasteiger partial charge on any atom is 0.194 e. The summed E-state index contributed by atoms with van der Waals surface area (Å²) >= 11 is 0. The second-order valence-corrected chi connectivity index (χ2v) is 14.0. The van der Waals surface area contributed by atoms with Gasteiger partial charge in [0, 0.05) is 75.4 Å². The zero-order valence-corrected chi connectivity index (χ0v) is 28.4. The molecule has 0 saturated heterocycles. The Hall–Kier alpha value is -5.74. The second-order valence-electron chi connectivity index (χ2n) is 14.0. The maximum atomic E-state index is 14.9. The number of hydrogen-bond donors (Lipinski definition) is 0. The molecule has 50 heavy (non-hydrogen) atoms. The molecule has 0 aliphatic carbocycles. The van der Waals surface area contributed by atoms with Crippen LogP contribution in [0.25, 0.3) is 97.0 Å². The maximum absolute atomic E-state index is 14.9. The molecule has 0 heterocycles. The zero-order valence-electron chi connectivity index (χ0n) is 28.4. The summed E-state index contributed by atoms with van der Waals surface area (Å²) in [6.07, 6.45) is 3.05. The van der Waals surface area contributed by atoms with Gasteiger partial charge in [-0.15, -0.1) is 0 Å². The van der Waals surface area contributed by atoms with Gasteiger partial charge in [-0.05, 0) is 93.7 Å². The Morgan fingerprint density at radius 2 is 0.500 bits per heavy atom. The summed E-state index contributed by atoms with van der Waals surface area (Å²) in [5, 5.41) is 10.8. The molecule has 10 aromatic rings. The first-order valence-electron chi connectivity index (χ1n) is 17.8. The van der Waals surface area contributed by atoms with Gasteiger partial charge in [0.15, 0.2) is 21.7 Å². The largest absolute Gasteiger partial charge is 0.289 e. The molecule has 0 aliphatic rings. The minimum atomic E-state index is -0.166. The van der Waals surface area contributed by atoms with Crippen molar-refractivity contribution in [1.29, 1.82) is 0 Å². The molecular formula is C46H32O4. The van der Waals surface area contributed by atoms with Gasteiger partial charge in [-0.2, -0.15) is 0 Å². The highest BCUT2D eigenvalue weighted by Crippen LogP contribution is 2.48. The highest BCUT2D eigenvalue weighted by molar-refractivity contribution is 6.50. The number of benzene rings is 6. The van der Waals surface area contributed by atoms with Crippen LogP contribution < -0.4 is 21.7 Å². The van der Waals surface area contributed by atoms with Crippen LogP contribution in [-0.2, 0) is 25.7 Å². The molecule has 0 saturated carbocycles. The summed E-state index contributed by atoms with van der Waals surface area (Å²) in [5.74, 6) is 0. The highest BCUT2D eigenvalue weighted by atomic mass is 16.1. The molecule has 0 radical (unpaired) electrons. The Morgan fingerprint density at radius 1 is 0.280 bits per heavy atom. The van der Waals surface area contributed by atoms with Gasteiger partial charge in [-0.25, -0.2) is 0 Å². The predicted octanol–water partition coefficient (Wildman–Crippen LogP) is 9.51. The molecule has 0 atom stereocenters. The lowest BCUT2D eigenvalue weighted by Gasteiger charge is -2.09. The van der Waals surface area contributed by atoms with Crippen molar-refractivity contribution in [3.05, 3.63) is 136 Å². The highest BCUT2D eigenvalue weighted by Gasteiger charge is 2.30. The van der Waals surface area contributed by atoms with Crippen LogP contribution in [0.15, 0.2) is 92.0 Å². The normalized spacial score (nSPS) is 12.6. The van der Waals surface area contributed by atoms with E-state index < -0.39 is 0 Å². The van der Waals surface area contributed by atoms with Crippen LogP contribution in [0.3, 0.4) is 0 Å². The van der Waals surface area contributed by atoms with Crippen molar-refractivity contribution in [2.75, 3.05) is 0 Å². The summed E-state index contributed by atoms with van der Waals surface area (Å²) < 4.78 is 0. The lowest BCUT2D eigenvalue weighted by Crippen LogP contribution is -2.04. The molecule has 0 N–H and O–H groups in total. The Bertz CT molecular complexity index is 2930. The van der Waals surface area contributed by atoms with Gasteiger partial charge in [0.2, 0.25) is 0 Å². The Labute approximate surface area is 285 Å². The fraction of sp³-hybridized carbons (Fsp3) is 0.174. The SMILES string of the molecule is CCc1ccc2c(c1)c(=O)c1c2c2c3ccc(CC)cc3c(=O)c2c2c3c(=O)c4cc(CC)ccc4c3c3c4ccc(CC)cc4c(=O)c3c12. The van der Waals surface area contributed by atoms with Gasteiger partial charge >= 0.3 is 0 Å². The number of hydrogen-bond acceptors (Lipinski definition) is 4.